The van der Waals surface area contributed by atoms with Crippen molar-refractivity contribution in [1.29, 1.82) is 0 Å². The molecule has 0 saturated carbocycles. The minimum atomic E-state index is -0.260. The van der Waals surface area contributed by atoms with Crippen LogP contribution in [-0.4, -0.2) is 38.2 Å². The van der Waals surface area contributed by atoms with Gasteiger partial charge in [-0.25, -0.2) is 24.3 Å². The maximum Gasteiger partial charge on any atom is 0.160 e. The summed E-state index contributed by atoms with van der Waals surface area (Å²) in [6, 6.07) is 156. The fourth-order valence-corrected chi connectivity index (χ4v) is 19.7. The quantitative estimate of drug-likeness (QED) is 0.115. The molecule has 0 unspecified atom stereocenters. The summed E-state index contributed by atoms with van der Waals surface area (Å²) in [6.07, 6.45) is 0. The lowest BCUT2D eigenvalue weighted by Gasteiger charge is -2.22. The van der Waals surface area contributed by atoms with Gasteiger partial charge in [-0.3, -0.25) is 0 Å². The van der Waals surface area contributed by atoms with E-state index >= 15 is 0 Å². The van der Waals surface area contributed by atoms with Gasteiger partial charge in [0.2, 0.25) is 0 Å². The largest absolute Gasteiger partial charge is 0.309 e. The molecule has 0 saturated heterocycles. The fourth-order valence-electron chi connectivity index (χ4n) is 19.7. The number of nitrogens with zero attached hydrogens (tertiary/aromatic N) is 8. The first kappa shape index (κ1) is 75.0. The van der Waals surface area contributed by atoms with Crippen molar-refractivity contribution in [1.82, 2.24) is 38.2 Å². The number of hydrogen-bond acceptors (Lipinski definition) is 4. The Labute approximate surface area is 739 Å². The number of hydrogen-bond donors (Lipinski definition) is 0. The van der Waals surface area contributed by atoms with Crippen LogP contribution in [0, 0.1) is 5.82 Å². The van der Waals surface area contributed by atoms with Crippen molar-refractivity contribution < 1.29 is 4.39 Å². The van der Waals surface area contributed by atoms with Crippen molar-refractivity contribution in [3.05, 3.63) is 460 Å². The molecule has 602 valence electrons. The number of aromatic nitrogens is 8. The molecule has 1 aliphatic carbocycles. The minimum Gasteiger partial charge on any atom is -0.309 e. The average molecular weight is 1640 g/mol. The van der Waals surface area contributed by atoms with E-state index in [1.165, 1.54) is 93.4 Å². The summed E-state index contributed by atoms with van der Waals surface area (Å²) in [5.41, 5.74) is 35.0. The number of rotatable bonds is 13. The first-order valence-electron chi connectivity index (χ1n) is 43.6. The fraction of sp³-hybridized carbons (Fsp3) is 0.0252. The highest BCUT2D eigenvalue weighted by atomic mass is 19.1. The third-order valence-corrected chi connectivity index (χ3v) is 25.9. The molecule has 0 spiro atoms. The lowest BCUT2D eigenvalue weighted by molar-refractivity contribution is 0.629. The normalized spacial score (nSPS) is 12.2. The Bertz CT molecular complexity index is 8430. The predicted octanol–water partition coefficient (Wildman–Crippen LogP) is 30.8. The van der Waals surface area contributed by atoms with Crippen LogP contribution in [0.25, 0.3) is 222 Å². The van der Waals surface area contributed by atoms with Crippen molar-refractivity contribution in [2.45, 2.75) is 19.3 Å². The Hall–Kier alpha value is -16.8. The second-order valence-corrected chi connectivity index (χ2v) is 33.8. The average Bonchev–Trinajstić information content (AvgIpc) is 1.58. The van der Waals surface area contributed by atoms with Gasteiger partial charge in [-0.05, 0) is 213 Å². The third kappa shape index (κ3) is 12.9. The zero-order chi connectivity index (χ0) is 85.1. The number of para-hydroxylation sites is 4. The van der Waals surface area contributed by atoms with E-state index < -0.39 is 0 Å². The zero-order valence-electron chi connectivity index (χ0n) is 70.1. The van der Waals surface area contributed by atoms with Gasteiger partial charge in [0, 0.05) is 105 Å². The van der Waals surface area contributed by atoms with Crippen molar-refractivity contribution in [3.8, 4) is 135 Å². The van der Waals surface area contributed by atoms with Crippen LogP contribution in [0.5, 0.6) is 0 Å². The predicted molar refractivity (Wildman–Crippen MR) is 528 cm³/mol. The van der Waals surface area contributed by atoms with Crippen LogP contribution in [0.3, 0.4) is 0 Å². The number of fused-ring (bicyclic) bond motifs is 15. The maximum absolute atomic E-state index is 15.0. The van der Waals surface area contributed by atoms with Gasteiger partial charge in [-0.2, -0.15) is 0 Å². The van der Waals surface area contributed by atoms with E-state index in [4.69, 9.17) is 19.9 Å². The summed E-state index contributed by atoms with van der Waals surface area (Å²) in [4.78, 5) is 20.5. The molecule has 128 heavy (non-hydrogen) atoms. The Morgan fingerprint density at radius 2 is 0.461 bits per heavy atom. The molecular weight excluding hydrogens is 1560 g/mol. The highest BCUT2D eigenvalue weighted by molar-refractivity contribution is 6.16. The van der Waals surface area contributed by atoms with Crippen LogP contribution in [0.15, 0.2) is 443 Å². The summed E-state index contributed by atoms with van der Waals surface area (Å²) in [5, 5.41) is 9.16. The van der Waals surface area contributed by atoms with E-state index in [0.29, 0.717) is 11.6 Å². The second-order valence-electron chi connectivity index (χ2n) is 33.8. The Kier molecular flexibility index (Phi) is 18.0. The first-order chi connectivity index (χ1) is 63.1. The molecule has 9 heteroatoms. The van der Waals surface area contributed by atoms with E-state index in [2.05, 4.69) is 396 Å². The highest BCUT2D eigenvalue weighted by Gasteiger charge is 2.36. The van der Waals surface area contributed by atoms with Gasteiger partial charge in [0.25, 0.3) is 0 Å². The van der Waals surface area contributed by atoms with Gasteiger partial charge >= 0.3 is 0 Å². The van der Waals surface area contributed by atoms with Gasteiger partial charge in [0.15, 0.2) is 11.6 Å². The van der Waals surface area contributed by atoms with Crippen molar-refractivity contribution >= 4 is 87.2 Å². The monoisotopic (exact) mass is 1640 g/mol. The summed E-state index contributed by atoms with van der Waals surface area (Å²) in [5.74, 6) is 1.13. The molecule has 24 aromatic rings. The standard InChI is InChI=1S/C67H46N4.C52H33FN4/c1-67(2)58-24-14-12-22-52(58)53-34-28-49(41-59(53)67)61-42-60(68-66(69-61)45-18-8-4-9-19-45)44-26-32-51(33-27-44)71-64-35-29-46(43-16-6-3-7-17-43)38-56(64)57-40-48(31-37-65(57)71)47-30-36-63-55(39-47)54-23-13-15-25-62(54)70(63)50-20-10-5-11-21-50;53-39-24-29-51-45(32-39)44-31-38(37-22-27-49-43(30-37)42-18-10-11-19-48(42)56(49)40-16-8-3-9-17-40)23-28-50(44)57(51)41-25-20-35(21-26-41)47-33-46(34-12-4-1-5-13-34)54-52(55-47)36-14-6-2-7-15-36/h3-42H,1-2H3;1-33H. The summed E-state index contributed by atoms with van der Waals surface area (Å²) in [7, 11) is 0. The molecule has 0 atom stereocenters. The molecule has 0 radical (unpaired) electrons. The molecule has 0 aliphatic heterocycles. The van der Waals surface area contributed by atoms with Gasteiger partial charge in [-0.15, -0.1) is 0 Å². The Balaban J connectivity index is 0.000000146. The van der Waals surface area contributed by atoms with E-state index in [1.807, 2.05) is 66.7 Å². The SMILES string of the molecule is CC1(C)c2ccccc2-c2ccc(-c3cc(-c4ccc(-n5c6ccc(-c7ccccc7)cc6c6cc(-c7ccc8c(c7)c7ccccc7n8-c7ccccc7)ccc65)cc4)nc(-c4ccccc4)n3)cc21.Fc1ccc2c(c1)c1cc(-c3ccc4c(c3)c3ccccc3n4-c3ccccc3)ccc1n2-c1ccc(-c2cc(-c3ccccc3)nc(-c3ccccc3)n2)cc1. The van der Waals surface area contributed by atoms with Gasteiger partial charge < -0.3 is 18.3 Å². The first-order valence-corrected chi connectivity index (χ1v) is 43.6. The number of benzene rings is 18. The van der Waals surface area contributed by atoms with Crippen LogP contribution in [0.1, 0.15) is 25.0 Å². The van der Waals surface area contributed by atoms with Crippen molar-refractivity contribution in [3.63, 3.8) is 0 Å². The van der Waals surface area contributed by atoms with Crippen LogP contribution in [-0.2, 0) is 5.41 Å². The summed E-state index contributed by atoms with van der Waals surface area (Å²) in [6.45, 7) is 4.66. The molecule has 0 bridgehead atoms. The second kappa shape index (κ2) is 30.6. The smallest absolute Gasteiger partial charge is 0.160 e. The van der Waals surface area contributed by atoms with Gasteiger partial charge in [0.1, 0.15) is 5.82 Å². The minimum absolute atomic E-state index is 0.118. The molecule has 0 fully saturated rings. The summed E-state index contributed by atoms with van der Waals surface area (Å²) >= 11 is 0. The molecule has 18 aromatic carbocycles. The summed E-state index contributed by atoms with van der Waals surface area (Å²) < 4.78 is 24.3. The molecule has 25 rings (SSSR count). The molecule has 0 amide bonds. The van der Waals surface area contributed by atoms with E-state index in [9.17, 15) is 4.39 Å². The highest BCUT2D eigenvalue weighted by Crippen LogP contribution is 2.51. The van der Waals surface area contributed by atoms with E-state index in [-0.39, 0.29) is 11.2 Å². The molecule has 0 N–H and O–H groups in total. The van der Waals surface area contributed by atoms with E-state index in [1.54, 1.807) is 12.1 Å². The van der Waals surface area contributed by atoms with Gasteiger partial charge in [-0.1, -0.05) is 299 Å². The molecule has 6 aromatic heterocycles. The third-order valence-electron chi connectivity index (χ3n) is 25.9. The van der Waals surface area contributed by atoms with Crippen LogP contribution in [0.2, 0.25) is 0 Å². The lowest BCUT2D eigenvalue weighted by atomic mass is 9.82. The molecule has 8 nitrogen and oxygen atoms in total. The molecular formula is C119H79FN8. The van der Waals surface area contributed by atoms with Crippen molar-refractivity contribution in [2.75, 3.05) is 0 Å². The van der Waals surface area contributed by atoms with Crippen LogP contribution >= 0.6 is 0 Å². The van der Waals surface area contributed by atoms with E-state index in [0.717, 1.165) is 128 Å². The van der Waals surface area contributed by atoms with Crippen molar-refractivity contribution in [2.24, 2.45) is 0 Å². The maximum atomic E-state index is 15.0. The molecule has 6 heterocycles. The zero-order valence-corrected chi connectivity index (χ0v) is 70.1. The molecule has 1 aliphatic rings. The Morgan fingerprint density at radius 1 is 0.188 bits per heavy atom. The topological polar surface area (TPSA) is 71.3 Å². The van der Waals surface area contributed by atoms with Gasteiger partial charge in [0.05, 0.1) is 66.9 Å². The van der Waals surface area contributed by atoms with Crippen LogP contribution < -0.4 is 0 Å². The Morgan fingerprint density at radius 3 is 0.875 bits per heavy atom. The van der Waals surface area contributed by atoms with Crippen LogP contribution in [0.4, 0.5) is 4.39 Å². The lowest BCUT2D eigenvalue weighted by Crippen LogP contribution is -2.14. The number of halogens is 1.